The average Bonchev–Trinajstić information content (AvgIpc) is 2.36. The maximum Gasteiger partial charge on any atom is 0.323 e. The van der Waals surface area contributed by atoms with Gasteiger partial charge in [0.25, 0.3) is 0 Å². The SMILES string of the molecule is Cc1cc(NC(=O)N2CCN(C)CC2CC(C)C)nc(C)n1. The number of amides is 2. The van der Waals surface area contributed by atoms with Crippen molar-refractivity contribution in [2.24, 2.45) is 5.92 Å². The van der Waals surface area contributed by atoms with Gasteiger partial charge >= 0.3 is 6.03 Å². The molecule has 1 aromatic rings. The molecule has 6 nitrogen and oxygen atoms in total. The molecule has 1 aliphatic rings. The number of rotatable bonds is 3. The highest BCUT2D eigenvalue weighted by Gasteiger charge is 2.29. The molecule has 0 aromatic carbocycles. The number of carbonyl (C=O) groups is 1. The van der Waals surface area contributed by atoms with Crippen LogP contribution in [0, 0.1) is 19.8 Å². The van der Waals surface area contributed by atoms with Crippen LogP contribution in [0.15, 0.2) is 6.07 Å². The van der Waals surface area contributed by atoms with Crippen molar-refractivity contribution in [2.75, 3.05) is 32.0 Å². The van der Waals surface area contributed by atoms with Crippen LogP contribution in [0.2, 0.25) is 0 Å². The van der Waals surface area contributed by atoms with Gasteiger partial charge < -0.3 is 9.80 Å². The molecule has 2 rings (SSSR count). The van der Waals surface area contributed by atoms with Crippen molar-refractivity contribution in [3.63, 3.8) is 0 Å². The van der Waals surface area contributed by atoms with Gasteiger partial charge in [0, 0.05) is 37.4 Å². The summed E-state index contributed by atoms with van der Waals surface area (Å²) in [6.45, 7) is 10.7. The van der Waals surface area contributed by atoms with Crippen LogP contribution in [0.25, 0.3) is 0 Å². The summed E-state index contributed by atoms with van der Waals surface area (Å²) < 4.78 is 0. The smallest absolute Gasteiger partial charge is 0.319 e. The van der Waals surface area contributed by atoms with E-state index in [1.165, 1.54) is 0 Å². The average molecular weight is 305 g/mol. The zero-order valence-corrected chi connectivity index (χ0v) is 14.3. The van der Waals surface area contributed by atoms with Gasteiger partial charge in [-0.2, -0.15) is 0 Å². The van der Waals surface area contributed by atoms with Crippen molar-refractivity contribution < 1.29 is 4.79 Å². The van der Waals surface area contributed by atoms with Gasteiger partial charge in [-0.05, 0) is 33.2 Å². The molecule has 2 amide bonds. The first kappa shape index (κ1) is 16.7. The van der Waals surface area contributed by atoms with E-state index in [1.807, 2.05) is 18.7 Å². The summed E-state index contributed by atoms with van der Waals surface area (Å²) in [6, 6.07) is 2.00. The zero-order valence-electron chi connectivity index (χ0n) is 14.3. The van der Waals surface area contributed by atoms with Crippen molar-refractivity contribution in [1.82, 2.24) is 19.8 Å². The first-order chi connectivity index (χ1) is 10.3. The Morgan fingerprint density at radius 2 is 2.09 bits per heavy atom. The standard InChI is InChI=1S/C16H27N5O/c1-11(2)8-14-10-20(5)6-7-21(14)16(22)19-15-9-12(3)17-13(4)18-15/h9,11,14H,6-8,10H2,1-5H3,(H,17,18,19,22). The van der Waals surface area contributed by atoms with Crippen molar-refractivity contribution in [2.45, 2.75) is 40.2 Å². The fourth-order valence-electron chi connectivity index (χ4n) is 2.99. The third kappa shape index (κ3) is 4.40. The molecule has 0 spiro atoms. The molecule has 1 unspecified atom stereocenters. The fourth-order valence-corrected chi connectivity index (χ4v) is 2.99. The van der Waals surface area contributed by atoms with Crippen LogP contribution in [0.4, 0.5) is 10.6 Å². The van der Waals surface area contributed by atoms with Gasteiger partial charge in [-0.1, -0.05) is 13.8 Å². The minimum atomic E-state index is -0.0590. The van der Waals surface area contributed by atoms with Crippen molar-refractivity contribution in [1.29, 1.82) is 0 Å². The quantitative estimate of drug-likeness (QED) is 0.930. The number of urea groups is 1. The lowest BCUT2D eigenvalue weighted by molar-refractivity contribution is 0.105. The van der Waals surface area contributed by atoms with Gasteiger partial charge in [-0.25, -0.2) is 14.8 Å². The number of hydrogen-bond acceptors (Lipinski definition) is 4. The van der Waals surface area contributed by atoms with Gasteiger partial charge in [0.05, 0.1) is 0 Å². The molecule has 0 saturated carbocycles. The summed E-state index contributed by atoms with van der Waals surface area (Å²) in [4.78, 5) is 25.4. The summed E-state index contributed by atoms with van der Waals surface area (Å²) in [7, 11) is 2.11. The lowest BCUT2D eigenvalue weighted by Gasteiger charge is -2.40. The second-order valence-corrected chi connectivity index (χ2v) is 6.61. The van der Waals surface area contributed by atoms with E-state index in [4.69, 9.17) is 0 Å². The van der Waals surface area contributed by atoms with Crippen LogP contribution in [0.5, 0.6) is 0 Å². The maximum absolute atomic E-state index is 12.6. The van der Waals surface area contributed by atoms with Gasteiger partial charge in [-0.15, -0.1) is 0 Å². The fraction of sp³-hybridized carbons (Fsp3) is 0.688. The second kappa shape index (κ2) is 7.05. The third-order valence-electron chi connectivity index (χ3n) is 3.89. The number of aryl methyl sites for hydroxylation is 2. The lowest BCUT2D eigenvalue weighted by Crippen LogP contribution is -2.55. The van der Waals surface area contributed by atoms with Crippen molar-refractivity contribution >= 4 is 11.8 Å². The topological polar surface area (TPSA) is 61.4 Å². The lowest BCUT2D eigenvalue weighted by atomic mass is 10.0. The molecule has 1 N–H and O–H groups in total. The largest absolute Gasteiger partial charge is 0.323 e. The monoisotopic (exact) mass is 305 g/mol. The van der Waals surface area contributed by atoms with E-state index in [2.05, 4.69) is 41.1 Å². The Bertz CT molecular complexity index is 509. The summed E-state index contributed by atoms with van der Waals surface area (Å²) >= 11 is 0. The highest BCUT2D eigenvalue weighted by Crippen LogP contribution is 2.18. The Labute approximate surface area is 132 Å². The van der Waals surface area contributed by atoms with Gasteiger partial charge in [0.2, 0.25) is 0 Å². The molecule has 1 aliphatic heterocycles. The van der Waals surface area contributed by atoms with Crippen LogP contribution < -0.4 is 5.32 Å². The Kier molecular flexibility index (Phi) is 5.34. The minimum Gasteiger partial charge on any atom is -0.319 e. The number of piperazine rings is 1. The van der Waals surface area contributed by atoms with Crippen molar-refractivity contribution in [3.05, 3.63) is 17.6 Å². The van der Waals surface area contributed by atoms with E-state index < -0.39 is 0 Å². The molecule has 1 aromatic heterocycles. The predicted octanol–water partition coefficient (Wildman–Crippen LogP) is 2.29. The first-order valence-corrected chi connectivity index (χ1v) is 7.93. The Hall–Kier alpha value is -1.69. The highest BCUT2D eigenvalue weighted by molar-refractivity contribution is 5.88. The second-order valence-electron chi connectivity index (χ2n) is 6.61. The molecule has 122 valence electrons. The maximum atomic E-state index is 12.6. The van der Waals surface area contributed by atoms with Crippen LogP contribution >= 0.6 is 0 Å². The molecule has 1 saturated heterocycles. The summed E-state index contributed by atoms with van der Waals surface area (Å²) in [5.74, 6) is 1.82. The van der Waals surface area contributed by atoms with E-state index in [0.29, 0.717) is 17.6 Å². The molecule has 0 bridgehead atoms. The van der Waals surface area contributed by atoms with Gasteiger partial charge in [0.1, 0.15) is 11.6 Å². The first-order valence-electron chi connectivity index (χ1n) is 7.93. The van der Waals surface area contributed by atoms with Gasteiger partial charge in [0.15, 0.2) is 0 Å². The van der Waals surface area contributed by atoms with Crippen LogP contribution in [0.1, 0.15) is 31.8 Å². The van der Waals surface area contributed by atoms with E-state index in [-0.39, 0.29) is 12.1 Å². The van der Waals surface area contributed by atoms with E-state index >= 15 is 0 Å². The molecule has 2 heterocycles. The van der Waals surface area contributed by atoms with E-state index in [0.717, 1.165) is 31.7 Å². The van der Waals surface area contributed by atoms with Gasteiger partial charge in [-0.3, -0.25) is 5.32 Å². The number of aromatic nitrogens is 2. The van der Waals surface area contributed by atoms with E-state index in [9.17, 15) is 4.79 Å². The van der Waals surface area contributed by atoms with E-state index in [1.54, 1.807) is 6.07 Å². The molecule has 0 radical (unpaired) electrons. The number of nitrogens with zero attached hydrogens (tertiary/aromatic N) is 4. The Morgan fingerprint density at radius 1 is 1.36 bits per heavy atom. The van der Waals surface area contributed by atoms with Crippen LogP contribution in [0.3, 0.4) is 0 Å². The molecule has 6 heteroatoms. The third-order valence-corrected chi connectivity index (χ3v) is 3.89. The molecule has 1 atom stereocenters. The number of likely N-dealkylation sites (N-methyl/N-ethyl adjacent to an activating group) is 1. The summed E-state index contributed by atoms with van der Waals surface area (Å²) in [6.07, 6.45) is 1.01. The highest BCUT2D eigenvalue weighted by atomic mass is 16.2. The number of hydrogen-bond donors (Lipinski definition) is 1. The van der Waals surface area contributed by atoms with Crippen LogP contribution in [-0.4, -0.2) is 58.5 Å². The van der Waals surface area contributed by atoms with Crippen molar-refractivity contribution in [3.8, 4) is 0 Å². The normalized spacial score (nSPS) is 19.5. The minimum absolute atomic E-state index is 0.0590. The Morgan fingerprint density at radius 3 is 2.73 bits per heavy atom. The number of nitrogens with one attached hydrogen (secondary N) is 1. The summed E-state index contributed by atoms with van der Waals surface area (Å²) in [5.41, 5.74) is 0.861. The van der Waals surface area contributed by atoms with Crippen LogP contribution in [-0.2, 0) is 0 Å². The molecular formula is C16H27N5O. The molecule has 1 fully saturated rings. The predicted molar refractivity (Wildman–Crippen MR) is 88.0 cm³/mol. The number of carbonyl (C=O) groups excluding carboxylic acids is 1. The Balaban J connectivity index is 2.08. The molecule has 0 aliphatic carbocycles. The molecular weight excluding hydrogens is 278 g/mol. The zero-order chi connectivity index (χ0) is 16.3. The summed E-state index contributed by atoms with van der Waals surface area (Å²) in [5, 5.41) is 2.93. The number of anilines is 1. The molecule has 22 heavy (non-hydrogen) atoms.